The van der Waals surface area contributed by atoms with E-state index >= 15 is 0 Å². The first-order chi connectivity index (χ1) is 8.16. The second-order valence-electron chi connectivity index (χ2n) is 4.14. The van der Waals surface area contributed by atoms with E-state index in [9.17, 15) is 9.18 Å². The van der Waals surface area contributed by atoms with E-state index in [1.54, 1.807) is 0 Å². The highest BCUT2D eigenvalue weighted by molar-refractivity contribution is 6.33. The predicted octanol–water partition coefficient (Wildman–Crippen LogP) is 1.96. The minimum Gasteiger partial charge on any atom is -0.348 e. The zero-order chi connectivity index (χ0) is 12.3. The Hall–Kier alpha value is -1.13. The van der Waals surface area contributed by atoms with E-state index in [0.717, 1.165) is 32.0 Å². The number of hydrogen-bond acceptors (Lipinski definition) is 2. The van der Waals surface area contributed by atoms with Crippen LogP contribution in [0.15, 0.2) is 18.2 Å². The van der Waals surface area contributed by atoms with Gasteiger partial charge in [0.1, 0.15) is 5.82 Å². The maximum absolute atomic E-state index is 12.8. The van der Waals surface area contributed by atoms with E-state index < -0.39 is 5.82 Å². The Balaban J connectivity index is 2.03. The van der Waals surface area contributed by atoms with Gasteiger partial charge in [-0.05, 0) is 37.6 Å². The van der Waals surface area contributed by atoms with Gasteiger partial charge in [0.2, 0.25) is 0 Å². The number of hydrogen-bond donors (Lipinski definition) is 2. The lowest BCUT2D eigenvalue weighted by atomic mass is 10.1. The number of rotatable bonds is 2. The summed E-state index contributed by atoms with van der Waals surface area (Å²) in [5, 5.41) is 6.24. The molecule has 1 aliphatic rings. The van der Waals surface area contributed by atoms with Crippen molar-refractivity contribution in [1.29, 1.82) is 0 Å². The van der Waals surface area contributed by atoms with Crippen LogP contribution in [0.25, 0.3) is 0 Å². The van der Waals surface area contributed by atoms with Crippen molar-refractivity contribution in [3.05, 3.63) is 34.6 Å². The van der Waals surface area contributed by atoms with Crippen molar-refractivity contribution in [2.24, 2.45) is 0 Å². The van der Waals surface area contributed by atoms with Gasteiger partial charge in [-0.3, -0.25) is 4.79 Å². The van der Waals surface area contributed by atoms with Crippen LogP contribution < -0.4 is 10.6 Å². The van der Waals surface area contributed by atoms with E-state index in [1.165, 1.54) is 12.1 Å². The summed E-state index contributed by atoms with van der Waals surface area (Å²) in [5.41, 5.74) is 0.318. The van der Waals surface area contributed by atoms with E-state index in [0.29, 0.717) is 5.56 Å². The molecule has 3 nitrogen and oxygen atoms in total. The van der Waals surface area contributed by atoms with Crippen molar-refractivity contribution in [1.82, 2.24) is 10.6 Å². The summed E-state index contributed by atoms with van der Waals surface area (Å²) in [5.74, 6) is -0.686. The molecule has 0 spiro atoms. The Labute approximate surface area is 104 Å². The van der Waals surface area contributed by atoms with Gasteiger partial charge in [0.15, 0.2) is 0 Å². The van der Waals surface area contributed by atoms with Crippen LogP contribution in [0.4, 0.5) is 4.39 Å². The summed E-state index contributed by atoms with van der Waals surface area (Å²) < 4.78 is 12.8. The molecule has 0 aromatic heterocycles. The number of amides is 1. The summed E-state index contributed by atoms with van der Waals surface area (Å²) in [4.78, 5) is 11.9. The first-order valence-corrected chi connectivity index (χ1v) is 6.01. The highest BCUT2D eigenvalue weighted by Gasteiger charge is 2.18. The molecular weight excluding hydrogens is 243 g/mol. The van der Waals surface area contributed by atoms with Gasteiger partial charge in [0, 0.05) is 12.6 Å². The molecule has 1 saturated heterocycles. The Kier molecular flexibility index (Phi) is 3.97. The van der Waals surface area contributed by atoms with Gasteiger partial charge in [0.25, 0.3) is 5.91 Å². The minimum atomic E-state index is -0.439. The van der Waals surface area contributed by atoms with Crippen LogP contribution in [0, 0.1) is 5.82 Å². The maximum Gasteiger partial charge on any atom is 0.253 e. The third-order valence-electron chi connectivity index (χ3n) is 2.81. The summed E-state index contributed by atoms with van der Waals surface area (Å²) in [6, 6.07) is 3.91. The van der Waals surface area contributed by atoms with Crippen molar-refractivity contribution in [2.45, 2.75) is 18.9 Å². The van der Waals surface area contributed by atoms with Gasteiger partial charge in [-0.2, -0.15) is 0 Å². The van der Waals surface area contributed by atoms with Crippen LogP contribution in [-0.4, -0.2) is 25.0 Å². The molecule has 2 N–H and O–H groups in total. The van der Waals surface area contributed by atoms with Crippen LogP contribution in [0.2, 0.25) is 5.02 Å². The van der Waals surface area contributed by atoms with Crippen molar-refractivity contribution < 1.29 is 9.18 Å². The SMILES string of the molecule is O=C(N[C@@H]1CCCNC1)c1ccc(F)cc1Cl. The van der Waals surface area contributed by atoms with Crippen LogP contribution in [-0.2, 0) is 0 Å². The number of carbonyl (C=O) groups excluding carboxylic acids is 1. The second-order valence-corrected chi connectivity index (χ2v) is 4.55. The molecule has 1 heterocycles. The molecule has 0 saturated carbocycles. The molecule has 1 atom stereocenters. The zero-order valence-corrected chi connectivity index (χ0v) is 10.1. The van der Waals surface area contributed by atoms with E-state index in [-0.39, 0.29) is 17.0 Å². The number of nitrogens with one attached hydrogen (secondary N) is 2. The van der Waals surface area contributed by atoms with Crippen LogP contribution in [0.1, 0.15) is 23.2 Å². The van der Waals surface area contributed by atoms with Gasteiger partial charge in [0.05, 0.1) is 10.6 Å². The summed E-state index contributed by atoms with van der Waals surface area (Å²) in [6.45, 7) is 1.76. The lowest BCUT2D eigenvalue weighted by Crippen LogP contribution is -2.45. The van der Waals surface area contributed by atoms with Crippen molar-refractivity contribution in [2.75, 3.05) is 13.1 Å². The van der Waals surface area contributed by atoms with Crippen molar-refractivity contribution in [3.8, 4) is 0 Å². The van der Waals surface area contributed by atoms with Gasteiger partial charge < -0.3 is 10.6 Å². The van der Waals surface area contributed by atoms with Gasteiger partial charge in [-0.15, -0.1) is 0 Å². The number of halogens is 2. The minimum absolute atomic E-state index is 0.123. The predicted molar refractivity (Wildman–Crippen MR) is 64.8 cm³/mol. The number of piperidine rings is 1. The Bertz CT molecular complexity index is 419. The van der Waals surface area contributed by atoms with Gasteiger partial charge in [-0.25, -0.2) is 4.39 Å². The monoisotopic (exact) mass is 256 g/mol. The lowest BCUT2D eigenvalue weighted by Gasteiger charge is -2.23. The van der Waals surface area contributed by atoms with Crippen molar-refractivity contribution >= 4 is 17.5 Å². The fourth-order valence-electron chi connectivity index (χ4n) is 1.91. The highest BCUT2D eigenvalue weighted by atomic mass is 35.5. The molecule has 5 heteroatoms. The second kappa shape index (κ2) is 5.47. The smallest absolute Gasteiger partial charge is 0.253 e. The molecule has 0 unspecified atom stereocenters. The van der Waals surface area contributed by atoms with E-state index in [2.05, 4.69) is 10.6 Å². The van der Waals surface area contributed by atoms with E-state index in [1.807, 2.05) is 0 Å². The molecule has 1 aromatic rings. The molecule has 0 radical (unpaired) electrons. The molecular formula is C12H14ClFN2O. The first-order valence-electron chi connectivity index (χ1n) is 5.63. The van der Waals surface area contributed by atoms with Crippen LogP contribution in [0.3, 0.4) is 0 Å². The Morgan fingerprint density at radius 1 is 1.53 bits per heavy atom. The largest absolute Gasteiger partial charge is 0.348 e. The van der Waals surface area contributed by atoms with Gasteiger partial charge >= 0.3 is 0 Å². The molecule has 0 bridgehead atoms. The standard InChI is InChI=1S/C12H14ClFN2O/c13-11-6-8(14)3-4-10(11)12(17)16-9-2-1-5-15-7-9/h3-4,6,9,15H,1-2,5,7H2,(H,16,17)/t9-/m1/s1. The van der Waals surface area contributed by atoms with Crippen LogP contribution >= 0.6 is 11.6 Å². The first kappa shape index (κ1) is 12.3. The summed E-state index contributed by atoms with van der Waals surface area (Å²) >= 11 is 5.83. The fourth-order valence-corrected chi connectivity index (χ4v) is 2.16. The zero-order valence-electron chi connectivity index (χ0n) is 9.30. The molecule has 17 heavy (non-hydrogen) atoms. The van der Waals surface area contributed by atoms with Crippen molar-refractivity contribution in [3.63, 3.8) is 0 Å². The Morgan fingerprint density at radius 3 is 3.00 bits per heavy atom. The third kappa shape index (κ3) is 3.17. The molecule has 92 valence electrons. The molecule has 1 aliphatic heterocycles. The van der Waals surface area contributed by atoms with Gasteiger partial charge in [-0.1, -0.05) is 11.6 Å². The normalized spacial score (nSPS) is 20.0. The van der Waals surface area contributed by atoms with E-state index in [4.69, 9.17) is 11.6 Å². The average Bonchev–Trinajstić information content (AvgIpc) is 2.30. The number of benzene rings is 1. The lowest BCUT2D eigenvalue weighted by molar-refractivity contribution is 0.0931. The molecule has 0 aliphatic carbocycles. The molecule has 1 amide bonds. The maximum atomic E-state index is 12.8. The number of carbonyl (C=O) groups is 1. The Morgan fingerprint density at radius 2 is 2.35 bits per heavy atom. The summed E-state index contributed by atoms with van der Waals surface area (Å²) in [6.07, 6.45) is 2.00. The molecule has 1 aromatic carbocycles. The average molecular weight is 257 g/mol. The quantitative estimate of drug-likeness (QED) is 0.849. The molecule has 1 fully saturated rings. The summed E-state index contributed by atoms with van der Waals surface area (Å²) in [7, 11) is 0. The fraction of sp³-hybridized carbons (Fsp3) is 0.417. The topological polar surface area (TPSA) is 41.1 Å². The third-order valence-corrected chi connectivity index (χ3v) is 3.12. The molecule has 2 rings (SSSR count). The highest BCUT2D eigenvalue weighted by Crippen LogP contribution is 2.17. The van der Waals surface area contributed by atoms with Crippen LogP contribution in [0.5, 0.6) is 0 Å².